The fourth-order valence-corrected chi connectivity index (χ4v) is 13.4. The van der Waals surface area contributed by atoms with Gasteiger partial charge in [0, 0.05) is 32.2 Å². The van der Waals surface area contributed by atoms with Gasteiger partial charge in [0.2, 0.25) is 118 Å². The molecule has 1 aliphatic rings. The van der Waals surface area contributed by atoms with Gasteiger partial charge in [0.1, 0.15) is 96.4 Å². The summed E-state index contributed by atoms with van der Waals surface area (Å²) in [5.41, 5.74) is 33.0. The highest BCUT2D eigenvalue weighted by molar-refractivity contribution is 7.98. The molecule has 48 nitrogen and oxygen atoms in total. The Morgan fingerprint density at radius 1 is 0.465 bits per heavy atom. The van der Waals surface area contributed by atoms with Crippen LogP contribution in [0.25, 0.3) is 0 Å². The molecule has 724 valence electrons. The number of phenolic OH excluding ortho intramolecular Hbond substituents is 1. The Balaban J connectivity index is 2.40. The number of amides is 20. The van der Waals surface area contributed by atoms with Crippen molar-refractivity contribution in [2.24, 2.45) is 52.2 Å². The summed E-state index contributed by atoms with van der Waals surface area (Å²) >= 11 is 1.25. The van der Waals surface area contributed by atoms with Gasteiger partial charge in [0.05, 0.1) is 38.3 Å². The number of likely N-dealkylation sites (tertiary alicyclic amines) is 1. The minimum atomic E-state index is -2.03. The van der Waals surface area contributed by atoms with Crippen molar-refractivity contribution in [3.63, 3.8) is 0 Å². The van der Waals surface area contributed by atoms with Gasteiger partial charge in [-0.25, -0.2) is 4.79 Å². The molecule has 1 heterocycles. The molecule has 0 bridgehead atoms. The van der Waals surface area contributed by atoms with Crippen LogP contribution in [0.4, 0.5) is 0 Å². The summed E-state index contributed by atoms with van der Waals surface area (Å²) in [5, 5.41) is 87.4. The third-order valence-corrected chi connectivity index (χ3v) is 21.1. The topological polar surface area (TPSA) is 799 Å². The molecule has 1 fully saturated rings. The summed E-state index contributed by atoms with van der Waals surface area (Å²) in [6.07, 6.45) is -3.06. The molecule has 32 N–H and O–H groups in total. The van der Waals surface area contributed by atoms with E-state index in [-0.39, 0.29) is 88.3 Å². The van der Waals surface area contributed by atoms with Crippen LogP contribution >= 0.6 is 11.8 Å². The highest BCUT2D eigenvalue weighted by atomic mass is 32.2. The predicted octanol–water partition coefficient (Wildman–Crippen LogP) is -9.66. The van der Waals surface area contributed by atoms with Crippen molar-refractivity contribution in [1.29, 1.82) is 0 Å². The maximum Gasteiger partial charge on any atom is 0.326 e. The number of hydrogen-bond acceptors (Lipinski definition) is 28. The van der Waals surface area contributed by atoms with Crippen molar-refractivity contribution >= 4 is 136 Å². The number of aliphatic hydroxyl groups is 3. The molecule has 0 saturated carbocycles. The number of nitrogens with two attached hydrogens (primary N) is 6. The molecule has 18 atom stereocenters. The number of aliphatic hydroxyl groups excluding tert-OH is 3. The van der Waals surface area contributed by atoms with Crippen LogP contribution in [0.1, 0.15) is 171 Å². The number of aliphatic carboxylic acids is 1. The molecule has 1 aromatic carbocycles. The van der Waals surface area contributed by atoms with Crippen LogP contribution in [-0.2, 0) is 107 Å². The summed E-state index contributed by atoms with van der Waals surface area (Å²) in [4.78, 5) is 283. The molecule has 0 spiro atoms. The summed E-state index contributed by atoms with van der Waals surface area (Å²) in [6, 6.07) is -19.7. The number of aromatic hydroxyl groups is 1. The second kappa shape index (κ2) is 57.8. The molecule has 2 rings (SSSR count). The van der Waals surface area contributed by atoms with Crippen molar-refractivity contribution < 1.29 is 126 Å². The van der Waals surface area contributed by atoms with Gasteiger partial charge in [-0.15, -0.1) is 0 Å². The normalized spacial score (nSPS) is 16.3. The average Bonchev–Trinajstić information content (AvgIpc) is 1.58. The number of carbonyl (C=O) groups is 21. The molecule has 0 aromatic heterocycles. The fraction of sp³-hybridized carbons (Fsp3) is 0.662. The second-order valence-electron chi connectivity index (χ2n) is 32.3. The van der Waals surface area contributed by atoms with Gasteiger partial charge in [-0.1, -0.05) is 60.1 Å². The van der Waals surface area contributed by atoms with Crippen LogP contribution in [-0.4, -0.2) is 302 Å². The summed E-state index contributed by atoms with van der Waals surface area (Å²) in [7, 11) is 0. The highest BCUT2D eigenvalue weighted by Crippen LogP contribution is 2.23. The van der Waals surface area contributed by atoms with Crippen molar-refractivity contribution in [3.8, 4) is 5.75 Å². The van der Waals surface area contributed by atoms with E-state index in [9.17, 15) is 126 Å². The smallest absolute Gasteiger partial charge is 0.326 e. The number of hydrogen-bond donors (Lipinski definition) is 26. The van der Waals surface area contributed by atoms with Crippen molar-refractivity contribution in [1.82, 2.24) is 84.7 Å². The SMILES string of the molecule is CC[C@H](C)[C@H](NC(=O)[C@@H](NC(=O)[C@@H](N)CC(N)=O)[C@@H](C)O)C(=O)N1CCC[C@H]1C(=O)N[C@@H](C)C(=O)N[C@@H](CC(C)C)C(=O)N[C@@H](C)C(=O)N[C@@H](Cc1ccc(O)cc1)C(=O)N[C@@H](CCCCN)C(=O)N[C@@H](CO)C(=O)N[C@@H](CO)C(=O)N[C@@H](CCC(N)=O)C(=O)N[C@@H](CC(C)C)C(=O)N[C@@H](CCC(N)=O)C(=O)N[C@@H](CCSC)C(=O)NCC(=O)N[C@@H](CCC(N)=O)C(=O)O. The minimum absolute atomic E-state index is 0.0313. The van der Waals surface area contributed by atoms with E-state index in [2.05, 4.69) is 79.8 Å². The Labute approximate surface area is 750 Å². The molecule has 0 unspecified atom stereocenters. The van der Waals surface area contributed by atoms with Crippen LogP contribution in [0.3, 0.4) is 0 Å². The molecular formula is C80H132N22O26S. The Morgan fingerprint density at radius 3 is 1.32 bits per heavy atom. The van der Waals surface area contributed by atoms with Crippen molar-refractivity contribution in [3.05, 3.63) is 29.8 Å². The Morgan fingerprint density at radius 2 is 0.876 bits per heavy atom. The van der Waals surface area contributed by atoms with E-state index >= 15 is 0 Å². The lowest BCUT2D eigenvalue weighted by Gasteiger charge is -2.33. The Hall–Kier alpha value is -12.0. The van der Waals surface area contributed by atoms with Crippen LogP contribution in [0, 0.1) is 17.8 Å². The lowest BCUT2D eigenvalue weighted by molar-refractivity contribution is -0.144. The maximum atomic E-state index is 14.6. The number of benzene rings is 1. The monoisotopic (exact) mass is 1850 g/mol. The standard InChI is InChI=1S/C80H132N22O26S/c1-11-40(6)63(100-78(125)64(43(9)105)101-67(114)46(82)34-61(86)110)79(126)102-29-14-16-57(102)77(124)89-42(8)66(113)95-52(31-38(2)3)72(119)88-41(7)65(112)96-54(33-44-17-19-45(106)20-18-44)74(121)91-47(15-12-13-28-81)69(116)98-56(37-104)76(123)99-55(36-103)75(122)93-49(22-25-59(84)108)71(118)97-53(32-39(4)5)73(120)92-48(21-24-58(83)107)70(117)94-50(27-30-129-10)68(115)87-35-62(111)90-51(80(127)128)23-26-60(85)109/h17-20,38-43,46-57,63-64,103-106H,11-16,21-37,81-82H2,1-10H3,(H2,83,107)(H2,84,108)(H2,85,109)(H2,86,110)(H,87,115)(H,88,119)(H,89,124)(H,90,111)(H,91,121)(H,92,120)(H,93,122)(H,94,117)(H,95,113)(H,96,112)(H,97,118)(H,98,116)(H,99,123)(H,100,125)(H,101,114)(H,127,128)/t40-,41-,42-,43+,46-,47-,48-,49-,50-,51-,52-,53-,54-,55-,56-,57-,63-,64-/m0/s1. The van der Waals surface area contributed by atoms with Crippen LogP contribution < -0.4 is 114 Å². The van der Waals surface area contributed by atoms with Gasteiger partial charge < -0.3 is 145 Å². The third-order valence-electron chi connectivity index (χ3n) is 20.4. The first-order valence-electron chi connectivity index (χ1n) is 42.3. The highest BCUT2D eigenvalue weighted by Gasteiger charge is 2.43. The molecule has 1 aliphatic heterocycles. The Bertz CT molecular complexity index is 4030. The summed E-state index contributed by atoms with van der Waals surface area (Å²) in [6.45, 7) is 10.7. The van der Waals surface area contributed by atoms with Gasteiger partial charge in [0.25, 0.3) is 0 Å². The fourth-order valence-electron chi connectivity index (χ4n) is 13.0. The van der Waals surface area contributed by atoms with Gasteiger partial charge in [-0.05, 0) is 145 Å². The number of thioether (sulfide) groups is 1. The van der Waals surface area contributed by atoms with Crippen LogP contribution in [0.15, 0.2) is 24.3 Å². The van der Waals surface area contributed by atoms with E-state index in [1.54, 1.807) is 47.8 Å². The van der Waals surface area contributed by atoms with E-state index in [0.717, 1.165) is 0 Å². The van der Waals surface area contributed by atoms with E-state index < -0.39 is 297 Å². The van der Waals surface area contributed by atoms with E-state index in [1.807, 2.05) is 0 Å². The first-order chi connectivity index (χ1) is 60.5. The van der Waals surface area contributed by atoms with Gasteiger partial charge in [-0.2, -0.15) is 11.8 Å². The average molecular weight is 1850 g/mol. The van der Waals surface area contributed by atoms with Crippen molar-refractivity contribution in [2.75, 3.05) is 44.9 Å². The molecule has 0 radical (unpaired) electrons. The second-order valence-corrected chi connectivity index (χ2v) is 33.3. The quantitative estimate of drug-likeness (QED) is 0.0269. The van der Waals surface area contributed by atoms with Crippen LogP contribution in [0.2, 0.25) is 0 Å². The molecule has 129 heavy (non-hydrogen) atoms. The summed E-state index contributed by atoms with van der Waals surface area (Å²) in [5.74, 6) is -22.7. The molecule has 1 saturated heterocycles. The number of phenols is 1. The van der Waals surface area contributed by atoms with Crippen molar-refractivity contribution in [2.45, 2.75) is 274 Å². The zero-order valence-electron chi connectivity index (χ0n) is 74.2. The number of unbranched alkanes of at least 4 members (excludes halogenated alkanes) is 1. The lowest BCUT2D eigenvalue weighted by atomic mass is 9.96. The molecule has 49 heteroatoms. The van der Waals surface area contributed by atoms with Gasteiger partial charge in [0.15, 0.2) is 0 Å². The molecular weight excluding hydrogens is 1720 g/mol. The number of carbonyl (C=O) groups excluding carboxylic acids is 20. The number of rotatable bonds is 61. The number of carboxylic acids is 1. The summed E-state index contributed by atoms with van der Waals surface area (Å²) < 4.78 is 0. The molecule has 0 aliphatic carbocycles. The predicted molar refractivity (Wildman–Crippen MR) is 463 cm³/mol. The number of nitrogens with zero attached hydrogens (tertiary/aromatic N) is 1. The number of carboxylic acid groups (broad SMARTS) is 1. The molecule has 1 aromatic rings. The number of nitrogens with one attached hydrogen (secondary N) is 15. The zero-order valence-corrected chi connectivity index (χ0v) is 75.1. The van der Waals surface area contributed by atoms with Crippen LogP contribution in [0.5, 0.6) is 5.75 Å². The van der Waals surface area contributed by atoms with E-state index in [1.165, 1.54) is 61.7 Å². The Kier molecular flexibility index (Phi) is 50.7. The van der Waals surface area contributed by atoms with E-state index in [0.29, 0.717) is 18.4 Å². The minimum Gasteiger partial charge on any atom is -0.508 e. The first-order valence-corrected chi connectivity index (χ1v) is 43.7. The zero-order chi connectivity index (χ0) is 97.8. The van der Waals surface area contributed by atoms with Gasteiger partial charge >= 0.3 is 5.97 Å². The first kappa shape index (κ1) is 113. The van der Waals surface area contributed by atoms with E-state index in [4.69, 9.17) is 34.4 Å². The maximum absolute atomic E-state index is 14.6. The molecule has 20 amide bonds. The number of primary amides is 4. The largest absolute Gasteiger partial charge is 0.508 e. The lowest BCUT2D eigenvalue weighted by Crippen LogP contribution is -2.62. The van der Waals surface area contributed by atoms with Gasteiger partial charge in [-0.3, -0.25) is 95.9 Å². The third kappa shape index (κ3) is 41.3.